The maximum absolute atomic E-state index is 13.1. The van der Waals surface area contributed by atoms with E-state index in [2.05, 4.69) is 0 Å². The molecule has 1 fully saturated rings. The van der Waals surface area contributed by atoms with Crippen molar-refractivity contribution in [3.05, 3.63) is 35.9 Å². The van der Waals surface area contributed by atoms with Gasteiger partial charge in [-0.15, -0.1) is 0 Å². The lowest BCUT2D eigenvalue weighted by Gasteiger charge is -2.26. The molecule has 0 radical (unpaired) electrons. The van der Waals surface area contributed by atoms with E-state index in [4.69, 9.17) is 11.2 Å². The number of carbonyl (C=O) groups excluding carboxylic acids is 1. The molecule has 0 bridgehead atoms. The number of hydrogen-bond acceptors (Lipinski definition) is 2. The number of likely N-dealkylation sites (N-methyl/N-ethyl adjacent to an activating group) is 1. The first-order valence-corrected chi connectivity index (χ1v) is 6.15. The Kier molecular flexibility index (Phi) is 2.47. The van der Waals surface area contributed by atoms with Crippen LogP contribution in [0.4, 0.5) is 0 Å². The fourth-order valence-corrected chi connectivity index (χ4v) is 2.60. The number of benzene rings is 1. The summed E-state index contributed by atoms with van der Waals surface area (Å²) in [5, 5.41) is 0. The van der Waals surface area contributed by atoms with Gasteiger partial charge in [-0.05, 0) is 38.3 Å². The van der Waals surface area contributed by atoms with E-state index >= 15 is 0 Å². The summed E-state index contributed by atoms with van der Waals surface area (Å²) in [6.07, 6.45) is 0.523. The molecule has 1 aliphatic carbocycles. The second-order valence-corrected chi connectivity index (χ2v) is 4.56. The van der Waals surface area contributed by atoms with E-state index in [-0.39, 0.29) is 5.92 Å². The SMILES string of the molecule is [2H]C([2H])(C)N(C(=O)[C@@]1(c2ccccc2)C[C@H]1CN)C([2H])([2H])C. The number of nitrogens with zero attached hydrogens (tertiary/aromatic N) is 1. The largest absolute Gasteiger partial charge is 0.342 e. The number of hydrogen-bond donors (Lipinski definition) is 1. The highest BCUT2D eigenvalue weighted by Gasteiger charge is 2.61. The molecule has 2 atom stereocenters. The highest BCUT2D eigenvalue weighted by Crippen LogP contribution is 2.54. The molecule has 2 N–H and O–H groups in total. The van der Waals surface area contributed by atoms with Crippen LogP contribution >= 0.6 is 0 Å². The summed E-state index contributed by atoms with van der Waals surface area (Å²) in [5.41, 5.74) is 5.60. The van der Waals surface area contributed by atoms with Crippen molar-refractivity contribution in [1.82, 2.24) is 4.90 Å². The second kappa shape index (κ2) is 5.11. The standard InChI is InChI=1S/C15H22N2O/c1-3-17(4-2)14(18)15(10-13(15)11-16)12-8-6-5-7-9-12/h5-9,13H,3-4,10-11,16H2,1-2H3/t13-,15+/m0/s1/i3D2,4D2. The molecule has 0 unspecified atom stereocenters. The van der Waals surface area contributed by atoms with Crippen LogP contribution in [0.25, 0.3) is 0 Å². The van der Waals surface area contributed by atoms with Crippen LogP contribution in [0.3, 0.4) is 0 Å². The smallest absolute Gasteiger partial charge is 0.233 e. The fourth-order valence-electron chi connectivity index (χ4n) is 2.60. The summed E-state index contributed by atoms with van der Waals surface area (Å²) >= 11 is 0. The monoisotopic (exact) mass is 250 g/mol. The van der Waals surface area contributed by atoms with Crippen molar-refractivity contribution >= 4 is 5.91 Å². The molecule has 1 aromatic rings. The van der Waals surface area contributed by atoms with Gasteiger partial charge in [0.05, 0.1) is 5.41 Å². The Morgan fingerprint density at radius 1 is 1.44 bits per heavy atom. The van der Waals surface area contributed by atoms with Crippen LogP contribution in [0.1, 0.15) is 31.3 Å². The molecule has 0 aromatic heterocycles. The molecular weight excluding hydrogens is 224 g/mol. The summed E-state index contributed by atoms with van der Waals surface area (Å²) in [6.45, 7) is -1.49. The number of amides is 1. The predicted molar refractivity (Wildman–Crippen MR) is 73.2 cm³/mol. The average Bonchev–Trinajstić information content (AvgIpc) is 3.12. The van der Waals surface area contributed by atoms with Crippen molar-refractivity contribution in [2.24, 2.45) is 11.7 Å². The van der Waals surface area contributed by atoms with Crippen LogP contribution in [0.5, 0.6) is 0 Å². The molecule has 1 aliphatic rings. The van der Waals surface area contributed by atoms with E-state index in [0.29, 0.717) is 17.9 Å². The number of rotatable bonds is 5. The minimum atomic E-state index is -2.10. The van der Waals surface area contributed by atoms with Gasteiger partial charge in [0, 0.05) is 18.5 Å². The normalized spacial score (nSPS) is 30.7. The minimum absolute atomic E-state index is 0.0883. The van der Waals surface area contributed by atoms with Gasteiger partial charge < -0.3 is 10.6 Å². The minimum Gasteiger partial charge on any atom is -0.342 e. The lowest BCUT2D eigenvalue weighted by atomic mass is 9.91. The van der Waals surface area contributed by atoms with Crippen molar-refractivity contribution in [3.63, 3.8) is 0 Å². The van der Waals surface area contributed by atoms with E-state index in [1.807, 2.05) is 30.3 Å². The van der Waals surface area contributed by atoms with Crippen LogP contribution in [-0.2, 0) is 10.2 Å². The highest BCUT2D eigenvalue weighted by molar-refractivity contribution is 5.92. The fraction of sp³-hybridized carbons (Fsp3) is 0.533. The summed E-state index contributed by atoms with van der Waals surface area (Å²) in [6, 6.07) is 9.13. The maximum Gasteiger partial charge on any atom is 0.233 e. The summed E-state index contributed by atoms with van der Waals surface area (Å²) in [5.74, 6) is -0.622. The van der Waals surface area contributed by atoms with Gasteiger partial charge in [0.2, 0.25) is 5.91 Å². The Morgan fingerprint density at radius 2 is 2.06 bits per heavy atom. The second-order valence-electron chi connectivity index (χ2n) is 4.56. The molecule has 18 heavy (non-hydrogen) atoms. The lowest BCUT2D eigenvalue weighted by Crippen LogP contribution is -2.40. The Bertz CT molecular complexity index is 539. The Hall–Kier alpha value is -1.35. The topological polar surface area (TPSA) is 46.3 Å². The molecule has 3 nitrogen and oxygen atoms in total. The zero-order valence-electron chi connectivity index (χ0n) is 14.8. The number of carbonyl (C=O) groups is 1. The van der Waals surface area contributed by atoms with Crippen molar-refractivity contribution in [2.45, 2.75) is 25.7 Å². The van der Waals surface area contributed by atoms with Crippen LogP contribution in [0, 0.1) is 5.92 Å². The summed E-state index contributed by atoms with van der Waals surface area (Å²) < 4.78 is 31.5. The van der Waals surface area contributed by atoms with Crippen molar-refractivity contribution in [2.75, 3.05) is 19.5 Å². The first-order valence-electron chi connectivity index (χ1n) is 8.15. The highest BCUT2D eigenvalue weighted by atomic mass is 16.2. The number of nitrogens with two attached hydrogens (primary N) is 1. The Balaban J connectivity index is 2.48. The molecule has 2 rings (SSSR count). The average molecular weight is 250 g/mol. The van der Waals surface area contributed by atoms with Gasteiger partial charge in [0.25, 0.3) is 0 Å². The van der Waals surface area contributed by atoms with E-state index in [1.54, 1.807) is 0 Å². The predicted octanol–water partition coefficient (Wildman–Crippen LogP) is 1.77. The lowest BCUT2D eigenvalue weighted by molar-refractivity contribution is -0.134. The third-order valence-electron chi connectivity index (χ3n) is 3.71. The van der Waals surface area contributed by atoms with E-state index in [9.17, 15) is 4.79 Å². The van der Waals surface area contributed by atoms with Crippen molar-refractivity contribution in [1.29, 1.82) is 0 Å². The molecule has 1 amide bonds. The van der Waals surface area contributed by atoms with Crippen LogP contribution < -0.4 is 5.73 Å². The van der Waals surface area contributed by atoms with E-state index < -0.39 is 24.3 Å². The summed E-state index contributed by atoms with van der Waals surface area (Å²) in [4.78, 5) is 13.8. The Labute approximate surface area is 115 Å². The van der Waals surface area contributed by atoms with Gasteiger partial charge in [-0.25, -0.2) is 0 Å². The first kappa shape index (κ1) is 8.70. The van der Waals surface area contributed by atoms with Crippen molar-refractivity contribution in [3.8, 4) is 0 Å². The molecule has 0 heterocycles. The van der Waals surface area contributed by atoms with Gasteiger partial charge >= 0.3 is 0 Å². The van der Waals surface area contributed by atoms with Crippen LogP contribution in [0.15, 0.2) is 30.3 Å². The third kappa shape index (κ3) is 1.93. The third-order valence-corrected chi connectivity index (χ3v) is 3.71. The van der Waals surface area contributed by atoms with Crippen LogP contribution in [-0.4, -0.2) is 30.3 Å². The Morgan fingerprint density at radius 3 is 2.50 bits per heavy atom. The quantitative estimate of drug-likeness (QED) is 0.865. The maximum atomic E-state index is 13.1. The molecular formula is C15H22N2O. The zero-order valence-corrected chi connectivity index (χ0v) is 10.8. The zero-order chi connectivity index (χ0) is 16.8. The summed E-state index contributed by atoms with van der Waals surface area (Å²) in [7, 11) is 0. The van der Waals surface area contributed by atoms with Gasteiger partial charge in [-0.2, -0.15) is 0 Å². The van der Waals surface area contributed by atoms with Gasteiger partial charge in [-0.1, -0.05) is 30.3 Å². The molecule has 0 aliphatic heterocycles. The van der Waals surface area contributed by atoms with Crippen LogP contribution in [0.2, 0.25) is 0 Å². The van der Waals surface area contributed by atoms with E-state index in [1.165, 1.54) is 13.8 Å². The van der Waals surface area contributed by atoms with Crippen molar-refractivity contribution < 1.29 is 10.3 Å². The molecule has 1 saturated carbocycles. The molecule has 3 heteroatoms. The van der Waals surface area contributed by atoms with Gasteiger partial charge in [0.1, 0.15) is 0 Å². The van der Waals surface area contributed by atoms with Gasteiger partial charge in [0.15, 0.2) is 0 Å². The molecule has 98 valence electrons. The van der Waals surface area contributed by atoms with Gasteiger partial charge in [-0.3, -0.25) is 4.79 Å². The molecule has 0 saturated heterocycles. The first-order chi connectivity index (χ1) is 10.0. The van der Waals surface area contributed by atoms with E-state index in [0.717, 1.165) is 5.56 Å². The molecule has 1 aromatic carbocycles. The molecule has 0 spiro atoms.